The number of carboxylic acids is 1. The van der Waals surface area contributed by atoms with Crippen molar-refractivity contribution in [2.24, 2.45) is 0 Å². The summed E-state index contributed by atoms with van der Waals surface area (Å²) in [5.41, 5.74) is 2.04. The average molecular weight is 282 g/mol. The first-order valence-corrected chi connectivity index (χ1v) is 6.59. The van der Waals surface area contributed by atoms with Gasteiger partial charge in [0.2, 0.25) is 0 Å². The van der Waals surface area contributed by atoms with Gasteiger partial charge in [-0.25, -0.2) is 14.3 Å². The lowest BCUT2D eigenvalue weighted by Gasteiger charge is -2.08. The highest BCUT2D eigenvalue weighted by molar-refractivity contribution is 5.89. The van der Waals surface area contributed by atoms with Crippen molar-refractivity contribution in [3.05, 3.63) is 60.0 Å². The standard InChI is InChI=1S/C15H14N4O2/c20-15(21)12-4-2-1-3-11(12)5-7-16-14-13-6-8-18-19(13)10-9-17-14/h1-4,6,8-10H,5,7H2,(H,16,17)(H,20,21). The molecule has 2 heterocycles. The molecule has 0 amide bonds. The van der Waals surface area contributed by atoms with Gasteiger partial charge in [-0.1, -0.05) is 18.2 Å². The third-order valence-corrected chi connectivity index (χ3v) is 3.26. The van der Waals surface area contributed by atoms with E-state index in [4.69, 9.17) is 5.11 Å². The maximum Gasteiger partial charge on any atom is 0.335 e. The normalized spacial score (nSPS) is 10.7. The van der Waals surface area contributed by atoms with Gasteiger partial charge in [-0.05, 0) is 24.1 Å². The van der Waals surface area contributed by atoms with Crippen LogP contribution < -0.4 is 5.32 Å². The van der Waals surface area contributed by atoms with E-state index >= 15 is 0 Å². The molecule has 3 aromatic rings. The van der Waals surface area contributed by atoms with Gasteiger partial charge in [0, 0.05) is 18.9 Å². The van der Waals surface area contributed by atoms with Gasteiger partial charge in [-0.3, -0.25) is 0 Å². The van der Waals surface area contributed by atoms with Gasteiger partial charge in [-0.15, -0.1) is 0 Å². The fourth-order valence-electron chi connectivity index (χ4n) is 2.26. The van der Waals surface area contributed by atoms with Gasteiger partial charge in [0.05, 0.1) is 11.8 Å². The number of aromatic nitrogens is 3. The highest BCUT2D eigenvalue weighted by Gasteiger charge is 2.09. The Labute approximate surface area is 121 Å². The summed E-state index contributed by atoms with van der Waals surface area (Å²) in [6.07, 6.45) is 5.77. The fourth-order valence-corrected chi connectivity index (χ4v) is 2.26. The van der Waals surface area contributed by atoms with Crippen LogP contribution >= 0.6 is 0 Å². The number of benzene rings is 1. The van der Waals surface area contributed by atoms with Gasteiger partial charge >= 0.3 is 5.97 Å². The van der Waals surface area contributed by atoms with Gasteiger partial charge in [0.25, 0.3) is 0 Å². The summed E-state index contributed by atoms with van der Waals surface area (Å²) >= 11 is 0. The molecule has 0 bridgehead atoms. The lowest BCUT2D eigenvalue weighted by molar-refractivity contribution is 0.0695. The SMILES string of the molecule is O=C(O)c1ccccc1CCNc1nccn2nccc12. The number of rotatable bonds is 5. The molecule has 6 nitrogen and oxygen atoms in total. The number of hydrogen-bond donors (Lipinski definition) is 2. The van der Waals surface area contributed by atoms with E-state index in [1.165, 1.54) is 0 Å². The molecule has 2 aromatic heterocycles. The minimum Gasteiger partial charge on any atom is -0.478 e. The summed E-state index contributed by atoms with van der Waals surface area (Å²) in [7, 11) is 0. The number of carbonyl (C=O) groups is 1. The molecule has 0 aliphatic carbocycles. The first-order chi connectivity index (χ1) is 10.3. The fraction of sp³-hybridized carbons (Fsp3) is 0.133. The maximum absolute atomic E-state index is 11.2. The zero-order chi connectivity index (χ0) is 14.7. The highest BCUT2D eigenvalue weighted by atomic mass is 16.4. The van der Waals surface area contributed by atoms with E-state index in [-0.39, 0.29) is 0 Å². The summed E-state index contributed by atoms with van der Waals surface area (Å²) in [5.74, 6) is -0.163. The molecule has 0 aliphatic rings. The Bertz CT molecular complexity index is 782. The van der Waals surface area contributed by atoms with Crippen molar-refractivity contribution >= 4 is 17.3 Å². The van der Waals surface area contributed by atoms with Crippen LogP contribution in [-0.2, 0) is 6.42 Å². The highest BCUT2D eigenvalue weighted by Crippen LogP contribution is 2.13. The van der Waals surface area contributed by atoms with Gasteiger partial charge in [0.1, 0.15) is 5.52 Å². The van der Waals surface area contributed by atoms with Crippen molar-refractivity contribution in [2.45, 2.75) is 6.42 Å². The molecule has 0 atom stereocenters. The van der Waals surface area contributed by atoms with Gasteiger partial charge in [-0.2, -0.15) is 5.10 Å². The van der Waals surface area contributed by atoms with Gasteiger partial charge < -0.3 is 10.4 Å². The summed E-state index contributed by atoms with van der Waals surface area (Å²) in [4.78, 5) is 15.4. The Kier molecular flexibility index (Phi) is 3.51. The Morgan fingerprint density at radius 3 is 2.95 bits per heavy atom. The minimum atomic E-state index is -0.901. The number of aromatic carboxylic acids is 1. The Balaban J connectivity index is 1.72. The maximum atomic E-state index is 11.2. The third kappa shape index (κ3) is 2.69. The average Bonchev–Trinajstić information content (AvgIpc) is 2.97. The Morgan fingerprint density at radius 1 is 1.24 bits per heavy atom. The number of nitrogens with one attached hydrogen (secondary N) is 1. The van der Waals surface area contributed by atoms with Crippen molar-refractivity contribution < 1.29 is 9.90 Å². The molecular formula is C15H14N4O2. The van der Waals surface area contributed by atoms with Crippen molar-refractivity contribution in [3.63, 3.8) is 0 Å². The van der Waals surface area contributed by atoms with Crippen LogP contribution in [-0.4, -0.2) is 32.2 Å². The number of nitrogens with zero attached hydrogens (tertiary/aromatic N) is 3. The zero-order valence-corrected chi connectivity index (χ0v) is 11.2. The molecule has 3 rings (SSSR count). The molecule has 0 saturated heterocycles. The third-order valence-electron chi connectivity index (χ3n) is 3.26. The van der Waals surface area contributed by atoms with Gasteiger partial charge in [0.15, 0.2) is 5.82 Å². The quantitative estimate of drug-likeness (QED) is 0.749. The van der Waals surface area contributed by atoms with E-state index in [2.05, 4.69) is 15.4 Å². The Morgan fingerprint density at radius 2 is 2.10 bits per heavy atom. The zero-order valence-electron chi connectivity index (χ0n) is 11.2. The summed E-state index contributed by atoms with van der Waals surface area (Å²) < 4.78 is 1.74. The molecule has 21 heavy (non-hydrogen) atoms. The summed E-state index contributed by atoms with van der Waals surface area (Å²) in [5, 5.41) is 16.5. The minimum absolute atomic E-state index is 0.342. The summed E-state index contributed by atoms with van der Waals surface area (Å²) in [6.45, 7) is 0.599. The van der Waals surface area contributed by atoms with Crippen molar-refractivity contribution in [3.8, 4) is 0 Å². The lowest BCUT2D eigenvalue weighted by atomic mass is 10.0. The number of anilines is 1. The number of carboxylic acid groups (broad SMARTS) is 1. The Hall–Kier alpha value is -2.89. The van der Waals surface area contributed by atoms with Crippen LogP contribution in [0.1, 0.15) is 15.9 Å². The number of fused-ring (bicyclic) bond motifs is 1. The van der Waals surface area contributed by atoms with E-state index in [0.29, 0.717) is 18.5 Å². The van der Waals surface area contributed by atoms with Crippen LogP contribution in [0, 0.1) is 0 Å². The number of hydrogen-bond acceptors (Lipinski definition) is 4. The van der Waals surface area contributed by atoms with Crippen LogP contribution in [0.25, 0.3) is 5.52 Å². The van der Waals surface area contributed by atoms with Crippen molar-refractivity contribution in [1.82, 2.24) is 14.6 Å². The van der Waals surface area contributed by atoms with E-state index in [0.717, 1.165) is 16.9 Å². The molecular weight excluding hydrogens is 268 g/mol. The summed E-state index contributed by atoms with van der Waals surface area (Å²) in [6, 6.07) is 8.90. The van der Waals surface area contributed by atoms with Crippen LogP contribution in [0.3, 0.4) is 0 Å². The molecule has 0 fully saturated rings. The molecule has 1 aromatic carbocycles. The lowest BCUT2D eigenvalue weighted by Crippen LogP contribution is -2.10. The van der Waals surface area contributed by atoms with E-state index in [9.17, 15) is 4.79 Å². The molecule has 0 spiro atoms. The molecule has 6 heteroatoms. The smallest absolute Gasteiger partial charge is 0.335 e. The predicted octanol–water partition coefficient (Wildman–Crippen LogP) is 2.08. The first kappa shape index (κ1) is 13.1. The predicted molar refractivity (Wildman–Crippen MR) is 78.6 cm³/mol. The second-order valence-electron chi connectivity index (χ2n) is 4.58. The van der Waals surface area contributed by atoms with Crippen LogP contribution in [0.2, 0.25) is 0 Å². The van der Waals surface area contributed by atoms with E-state index in [1.54, 1.807) is 35.2 Å². The van der Waals surface area contributed by atoms with Crippen LogP contribution in [0.5, 0.6) is 0 Å². The molecule has 2 N–H and O–H groups in total. The molecule has 0 radical (unpaired) electrons. The van der Waals surface area contributed by atoms with Crippen molar-refractivity contribution in [2.75, 3.05) is 11.9 Å². The van der Waals surface area contributed by atoms with Crippen LogP contribution in [0.15, 0.2) is 48.9 Å². The molecule has 0 aliphatic heterocycles. The topological polar surface area (TPSA) is 79.5 Å². The second-order valence-corrected chi connectivity index (χ2v) is 4.58. The molecule has 0 saturated carbocycles. The molecule has 106 valence electrons. The largest absolute Gasteiger partial charge is 0.478 e. The first-order valence-electron chi connectivity index (χ1n) is 6.59. The van der Waals surface area contributed by atoms with Crippen LogP contribution in [0.4, 0.5) is 5.82 Å². The van der Waals surface area contributed by atoms with E-state index < -0.39 is 5.97 Å². The monoisotopic (exact) mass is 282 g/mol. The second kappa shape index (κ2) is 5.62. The van der Waals surface area contributed by atoms with Crippen molar-refractivity contribution in [1.29, 1.82) is 0 Å². The van der Waals surface area contributed by atoms with E-state index in [1.807, 2.05) is 18.2 Å². The molecule has 0 unspecified atom stereocenters.